The van der Waals surface area contributed by atoms with Crippen LogP contribution in [0.25, 0.3) is 0 Å². The van der Waals surface area contributed by atoms with Crippen molar-refractivity contribution in [3.63, 3.8) is 0 Å². The molecule has 1 aliphatic heterocycles. The lowest BCUT2D eigenvalue weighted by Crippen LogP contribution is -2.48. The van der Waals surface area contributed by atoms with Crippen LogP contribution in [0.15, 0.2) is 48.5 Å². The Morgan fingerprint density at radius 3 is 1.94 bits per heavy atom. The van der Waals surface area contributed by atoms with E-state index >= 15 is 0 Å². The van der Waals surface area contributed by atoms with E-state index < -0.39 is 10.0 Å². The molecule has 9 heteroatoms. The minimum Gasteiger partial charge on any atom is -0.497 e. The summed E-state index contributed by atoms with van der Waals surface area (Å²) in [5.41, 5.74) is 1.68. The Morgan fingerprint density at radius 2 is 1.44 bits per heavy atom. The number of amides is 1. The SMILES string of the molecule is COc1ccc(N2CCN(C(=O)CCCN(c3ccc(OC)cc3)S(C)(=O)=O)CC2)cc1. The van der Waals surface area contributed by atoms with Crippen LogP contribution in [0.5, 0.6) is 11.5 Å². The predicted molar refractivity (Wildman–Crippen MR) is 126 cm³/mol. The molecule has 2 aromatic carbocycles. The summed E-state index contributed by atoms with van der Waals surface area (Å²) in [6.07, 6.45) is 1.94. The van der Waals surface area contributed by atoms with Crippen molar-refractivity contribution in [2.45, 2.75) is 12.8 Å². The molecule has 0 radical (unpaired) electrons. The Bertz CT molecular complexity index is 985. The Balaban J connectivity index is 1.50. The van der Waals surface area contributed by atoms with Crippen molar-refractivity contribution in [2.24, 2.45) is 0 Å². The second kappa shape index (κ2) is 10.6. The van der Waals surface area contributed by atoms with Crippen molar-refractivity contribution < 1.29 is 22.7 Å². The highest BCUT2D eigenvalue weighted by molar-refractivity contribution is 7.92. The van der Waals surface area contributed by atoms with Crippen molar-refractivity contribution in [1.82, 2.24) is 4.90 Å². The van der Waals surface area contributed by atoms with E-state index in [0.29, 0.717) is 37.4 Å². The van der Waals surface area contributed by atoms with E-state index in [-0.39, 0.29) is 12.5 Å². The molecule has 3 rings (SSSR count). The predicted octanol–water partition coefficient (Wildman–Crippen LogP) is 2.60. The third kappa shape index (κ3) is 6.06. The van der Waals surface area contributed by atoms with Crippen molar-refractivity contribution in [1.29, 1.82) is 0 Å². The number of piperazine rings is 1. The second-order valence-corrected chi connectivity index (χ2v) is 9.61. The fourth-order valence-electron chi connectivity index (χ4n) is 3.77. The largest absolute Gasteiger partial charge is 0.497 e. The molecule has 0 spiro atoms. The highest BCUT2D eigenvalue weighted by atomic mass is 32.2. The van der Waals surface area contributed by atoms with Crippen LogP contribution in [-0.4, -0.2) is 72.4 Å². The van der Waals surface area contributed by atoms with Crippen molar-refractivity contribution >= 4 is 27.3 Å². The Kier molecular flexibility index (Phi) is 7.84. The van der Waals surface area contributed by atoms with Gasteiger partial charge < -0.3 is 19.3 Å². The summed E-state index contributed by atoms with van der Waals surface area (Å²) in [5, 5.41) is 0. The number of hydrogen-bond acceptors (Lipinski definition) is 6. The first kappa shape index (κ1) is 23.7. The van der Waals surface area contributed by atoms with E-state index in [2.05, 4.69) is 4.90 Å². The maximum Gasteiger partial charge on any atom is 0.232 e. The Morgan fingerprint density at radius 1 is 0.906 bits per heavy atom. The Labute approximate surface area is 190 Å². The molecule has 0 N–H and O–H groups in total. The molecule has 1 aliphatic rings. The molecule has 2 aromatic rings. The third-order valence-corrected chi connectivity index (χ3v) is 6.78. The van der Waals surface area contributed by atoms with Crippen LogP contribution in [0.2, 0.25) is 0 Å². The molecule has 0 atom stereocenters. The highest BCUT2D eigenvalue weighted by Crippen LogP contribution is 2.23. The smallest absolute Gasteiger partial charge is 0.232 e. The molecule has 1 fully saturated rings. The standard InChI is InChI=1S/C23H31N3O5S/c1-30-21-10-6-19(7-11-21)24-15-17-25(18-16-24)23(27)5-4-14-26(32(3,28)29)20-8-12-22(31-2)13-9-20/h6-13H,4-5,14-18H2,1-3H3. The van der Waals surface area contributed by atoms with Crippen molar-refractivity contribution in [3.8, 4) is 11.5 Å². The molecular formula is C23H31N3O5S. The van der Waals surface area contributed by atoms with Crippen molar-refractivity contribution in [2.75, 3.05) is 62.4 Å². The van der Waals surface area contributed by atoms with Gasteiger partial charge in [0.1, 0.15) is 11.5 Å². The van der Waals surface area contributed by atoms with Crippen LogP contribution < -0.4 is 18.7 Å². The quantitative estimate of drug-likeness (QED) is 0.571. The number of methoxy groups -OCH3 is 2. The highest BCUT2D eigenvalue weighted by Gasteiger charge is 2.22. The van der Waals surface area contributed by atoms with E-state index in [1.54, 1.807) is 38.5 Å². The Hall–Kier alpha value is -2.94. The van der Waals surface area contributed by atoms with Crippen LogP contribution in [0.3, 0.4) is 0 Å². The molecular weight excluding hydrogens is 430 g/mol. The molecule has 0 aliphatic carbocycles. The topological polar surface area (TPSA) is 79.4 Å². The van der Waals surface area contributed by atoms with E-state index in [0.717, 1.165) is 24.5 Å². The molecule has 8 nitrogen and oxygen atoms in total. The van der Waals surface area contributed by atoms with Gasteiger partial charge >= 0.3 is 0 Å². The maximum atomic E-state index is 12.7. The number of hydrogen-bond donors (Lipinski definition) is 0. The average molecular weight is 462 g/mol. The van der Waals surface area contributed by atoms with Gasteiger partial charge in [-0.05, 0) is 55.0 Å². The second-order valence-electron chi connectivity index (χ2n) is 7.70. The number of carbonyl (C=O) groups excluding carboxylic acids is 1. The molecule has 32 heavy (non-hydrogen) atoms. The maximum absolute atomic E-state index is 12.7. The zero-order valence-electron chi connectivity index (χ0n) is 18.9. The van der Waals surface area contributed by atoms with Gasteiger partial charge in [-0.15, -0.1) is 0 Å². The molecule has 0 saturated carbocycles. The average Bonchev–Trinajstić information content (AvgIpc) is 2.81. The van der Waals surface area contributed by atoms with Gasteiger partial charge in [0.2, 0.25) is 15.9 Å². The lowest BCUT2D eigenvalue weighted by molar-refractivity contribution is -0.131. The molecule has 0 unspecified atom stereocenters. The minimum absolute atomic E-state index is 0.0579. The molecule has 1 heterocycles. The normalized spacial score (nSPS) is 14.2. The summed E-state index contributed by atoms with van der Waals surface area (Å²) in [6, 6.07) is 14.8. The molecule has 0 bridgehead atoms. The van der Waals surface area contributed by atoms with Gasteiger partial charge in [-0.1, -0.05) is 0 Å². The lowest BCUT2D eigenvalue weighted by atomic mass is 10.2. The molecule has 1 saturated heterocycles. The van der Waals surface area contributed by atoms with Gasteiger partial charge in [-0.2, -0.15) is 0 Å². The lowest BCUT2D eigenvalue weighted by Gasteiger charge is -2.36. The number of rotatable bonds is 9. The summed E-state index contributed by atoms with van der Waals surface area (Å²) in [7, 11) is -0.246. The first-order valence-corrected chi connectivity index (χ1v) is 12.4. The number of ether oxygens (including phenoxy) is 2. The van der Waals surface area contributed by atoms with E-state index in [9.17, 15) is 13.2 Å². The van der Waals surface area contributed by atoms with Crippen LogP contribution in [0, 0.1) is 0 Å². The third-order valence-electron chi connectivity index (χ3n) is 5.58. The van der Waals surface area contributed by atoms with Gasteiger partial charge in [0.15, 0.2) is 0 Å². The van der Waals surface area contributed by atoms with E-state index in [1.807, 2.05) is 29.2 Å². The first-order valence-electron chi connectivity index (χ1n) is 10.6. The van der Waals surface area contributed by atoms with E-state index in [1.165, 1.54) is 10.6 Å². The van der Waals surface area contributed by atoms with E-state index in [4.69, 9.17) is 9.47 Å². The number of nitrogens with zero attached hydrogens (tertiary/aromatic N) is 3. The molecule has 174 valence electrons. The summed E-state index contributed by atoms with van der Waals surface area (Å²) < 4.78 is 36.2. The number of anilines is 2. The van der Waals surface area contributed by atoms with Crippen molar-refractivity contribution in [3.05, 3.63) is 48.5 Å². The monoisotopic (exact) mass is 461 g/mol. The van der Waals surface area contributed by atoms with Crippen LogP contribution >= 0.6 is 0 Å². The summed E-state index contributed by atoms with van der Waals surface area (Å²) in [5.74, 6) is 1.54. The van der Waals surface area contributed by atoms with Gasteiger partial charge in [-0.25, -0.2) is 8.42 Å². The number of sulfonamides is 1. The van der Waals surface area contributed by atoms with Gasteiger partial charge in [0.05, 0.1) is 26.2 Å². The summed E-state index contributed by atoms with van der Waals surface area (Å²) in [6.45, 7) is 3.08. The fraction of sp³-hybridized carbons (Fsp3) is 0.435. The molecule has 1 amide bonds. The first-order chi connectivity index (χ1) is 15.3. The zero-order chi connectivity index (χ0) is 23.1. The fourth-order valence-corrected chi connectivity index (χ4v) is 4.74. The zero-order valence-corrected chi connectivity index (χ0v) is 19.7. The van der Waals surface area contributed by atoms with Gasteiger partial charge in [0.25, 0.3) is 0 Å². The van der Waals surface area contributed by atoms with Gasteiger partial charge in [-0.3, -0.25) is 9.10 Å². The summed E-state index contributed by atoms with van der Waals surface area (Å²) in [4.78, 5) is 16.8. The van der Waals surface area contributed by atoms with Crippen LogP contribution in [-0.2, 0) is 14.8 Å². The van der Waals surface area contributed by atoms with Crippen LogP contribution in [0.1, 0.15) is 12.8 Å². The van der Waals surface area contributed by atoms with Crippen LogP contribution in [0.4, 0.5) is 11.4 Å². The number of carbonyl (C=O) groups is 1. The molecule has 0 aromatic heterocycles. The number of benzene rings is 2. The summed E-state index contributed by atoms with van der Waals surface area (Å²) >= 11 is 0. The minimum atomic E-state index is -3.45. The van der Waals surface area contributed by atoms with Gasteiger partial charge in [0, 0.05) is 44.8 Å².